The summed E-state index contributed by atoms with van der Waals surface area (Å²) in [6, 6.07) is 4.45. The van der Waals surface area contributed by atoms with E-state index in [4.69, 9.17) is 19.3 Å². The highest BCUT2D eigenvalue weighted by atomic mass is 16.7. The van der Waals surface area contributed by atoms with Crippen LogP contribution in [0.3, 0.4) is 0 Å². The van der Waals surface area contributed by atoms with Crippen molar-refractivity contribution >= 4 is 0 Å². The molecular weight excluding hydrogens is 376 g/mol. The lowest BCUT2D eigenvalue weighted by Gasteiger charge is -2.47. The van der Waals surface area contributed by atoms with Gasteiger partial charge in [-0.1, -0.05) is 31.4 Å². The van der Waals surface area contributed by atoms with Crippen LogP contribution in [-0.2, 0) is 11.2 Å². The Morgan fingerprint density at radius 2 is 2.03 bits per heavy atom. The van der Waals surface area contributed by atoms with Gasteiger partial charge in [-0.25, -0.2) is 0 Å². The van der Waals surface area contributed by atoms with E-state index in [-0.39, 0.29) is 18.5 Å². The Kier molecular flexibility index (Phi) is 7.86. The molecule has 1 aromatic carbocycles. The first kappa shape index (κ1) is 23.1. The molecule has 1 heterocycles. The van der Waals surface area contributed by atoms with E-state index in [0.29, 0.717) is 24.9 Å². The summed E-state index contributed by atoms with van der Waals surface area (Å²) in [7, 11) is 0. The fraction of sp³-hybridized carbons (Fsp3) is 0.692. The van der Waals surface area contributed by atoms with Crippen LogP contribution in [0.4, 0.5) is 0 Å². The molecule has 0 bridgehead atoms. The lowest BCUT2D eigenvalue weighted by molar-refractivity contribution is -0.0714. The van der Waals surface area contributed by atoms with E-state index in [1.807, 2.05) is 6.92 Å². The van der Waals surface area contributed by atoms with Crippen LogP contribution in [0, 0.1) is 5.92 Å². The van der Waals surface area contributed by atoms with Crippen LogP contribution in [0.1, 0.15) is 90.2 Å². The third-order valence-corrected chi connectivity index (χ3v) is 6.53. The minimum absolute atomic E-state index is 0.131. The van der Waals surface area contributed by atoms with Crippen LogP contribution >= 0.6 is 0 Å². The summed E-state index contributed by atoms with van der Waals surface area (Å²) in [5.41, 5.74) is 3.70. The summed E-state index contributed by atoms with van der Waals surface area (Å²) in [5.74, 6) is 2.61. The molecule has 3 atom stereocenters. The molecule has 0 saturated carbocycles. The molecule has 1 aliphatic heterocycles. The quantitative estimate of drug-likeness (QED) is 0.282. The van der Waals surface area contributed by atoms with Crippen molar-refractivity contribution in [1.29, 1.82) is 0 Å². The number of ether oxygens (including phenoxy) is 3. The van der Waals surface area contributed by atoms with Gasteiger partial charge < -0.3 is 19.3 Å². The van der Waals surface area contributed by atoms with Crippen LogP contribution in [0.2, 0.25) is 0 Å². The van der Waals surface area contributed by atoms with E-state index >= 15 is 0 Å². The molecule has 2 aliphatic rings. The minimum Gasteiger partial charge on any atom is -0.487 e. The Morgan fingerprint density at radius 1 is 1.23 bits per heavy atom. The molecular formula is C26H40O4. The highest BCUT2D eigenvalue weighted by Crippen LogP contribution is 2.53. The Bertz CT molecular complexity index is 737. The zero-order valence-corrected chi connectivity index (χ0v) is 19.5. The lowest BCUT2D eigenvalue weighted by atomic mass is 9.68. The summed E-state index contributed by atoms with van der Waals surface area (Å²) in [6.07, 6.45) is 9.60. The van der Waals surface area contributed by atoms with E-state index in [0.717, 1.165) is 30.8 Å². The number of benzene rings is 1. The van der Waals surface area contributed by atoms with E-state index in [9.17, 15) is 0 Å². The van der Waals surface area contributed by atoms with E-state index in [1.54, 1.807) is 0 Å². The molecule has 4 heteroatoms. The van der Waals surface area contributed by atoms with Crippen molar-refractivity contribution in [1.82, 2.24) is 0 Å². The first-order valence-electron chi connectivity index (χ1n) is 11.8. The number of allylic oxidation sites excluding steroid dienone is 2. The summed E-state index contributed by atoms with van der Waals surface area (Å²) in [5, 5.41) is 9.03. The number of aliphatic hydroxyl groups excluding tert-OH is 1. The number of aliphatic hydroxyl groups is 1. The molecule has 168 valence electrons. The number of hydrogen-bond acceptors (Lipinski definition) is 4. The molecule has 3 rings (SSSR count). The maximum Gasteiger partial charge on any atom is 0.196 e. The largest absolute Gasteiger partial charge is 0.487 e. The van der Waals surface area contributed by atoms with Gasteiger partial charge in [0.15, 0.2) is 6.29 Å². The molecule has 0 aromatic heterocycles. The number of hydrogen-bond donors (Lipinski definition) is 1. The van der Waals surface area contributed by atoms with Crippen molar-refractivity contribution < 1.29 is 19.3 Å². The normalized spacial score (nSPS) is 23.1. The van der Waals surface area contributed by atoms with Gasteiger partial charge in [-0.15, -0.1) is 0 Å². The van der Waals surface area contributed by atoms with Crippen LogP contribution in [0.15, 0.2) is 23.8 Å². The molecule has 0 spiro atoms. The molecule has 0 saturated heterocycles. The summed E-state index contributed by atoms with van der Waals surface area (Å²) in [6.45, 7) is 11.5. The van der Waals surface area contributed by atoms with Crippen LogP contribution < -0.4 is 9.47 Å². The second kappa shape index (κ2) is 10.2. The third kappa shape index (κ3) is 5.39. The number of aryl methyl sites for hydroxylation is 1. The molecule has 4 nitrogen and oxygen atoms in total. The molecule has 30 heavy (non-hydrogen) atoms. The van der Waals surface area contributed by atoms with Gasteiger partial charge in [-0.05, 0) is 77.5 Å². The Balaban J connectivity index is 1.96. The maximum absolute atomic E-state index is 9.03. The predicted octanol–water partition coefficient (Wildman–Crippen LogP) is 6.15. The minimum atomic E-state index is -0.367. The molecule has 3 unspecified atom stereocenters. The van der Waals surface area contributed by atoms with Crippen molar-refractivity contribution in [3.05, 3.63) is 34.9 Å². The van der Waals surface area contributed by atoms with Gasteiger partial charge >= 0.3 is 0 Å². The highest BCUT2D eigenvalue weighted by molar-refractivity contribution is 5.54. The smallest absolute Gasteiger partial charge is 0.196 e. The van der Waals surface area contributed by atoms with E-state index < -0.39 is 0 Å². The number of rotatable bonds is 10. The monoisotopic (exact) mass is 416 g/mol. The van der Waals surface area contributed by atoms with Crippen molar-refractivity contribution in [3.8, 4) is 11.5 Å². The van der Waals surface area contributed by atoms with Gasteiger partial charge in [0.05, 0.1) is 6.61 Å². The lowest BCUT2D eigenvalue weighted by Crippen LogP contribution is -2.45. The zero-order chi connectivity index (χ0) is 21.7. The van der Waals surface area contributed by atoms with Crippen molar-refractivity contribution in [3.63, 3.8) is 0 Å². The van der Waals surface area contributed by atoms with Gasteiger partial charge in [-0.2, -0.15) is 0 Å². The number of unbranched alkanes of at least 4 members (excludes halogenated alkanes) is 2. The SMILES string of the molecule is CCCCCc1cc(OC(C)OCCCO)c2c(c1)OC(C)(C)C1CCC(C)=CC21. The van der Waals surface area contributed by atoms with Gasteiger partial charge in [0.25, 0.3) is 0 Å². The second-order valence-corrected chi connectivity index (χ2v) is 9.49. The van der Waals surface area contributed by atoms with Crippen molar-refractivity contribution in [2.45, 2.75) is 97.4 Å². The average molecular weight is 417 g/mol. The third-order valence-electron chi connectivity index (χ3n) is 6.53. The summed E-state index contributed by atoms with van der Waals surface area (Å²) < 4.78 is 18.7. The van der Waals surface area contributed by atoms with Crippen molar-refractivity contribution in [2.75, 3.05) is 13.2 Å². The summed E-state index contributed by atoms with van der Waals surface area (Å²) >= 11 is 0. The fourth-order valence-electron chi connectivity index (χ4n) is 4.91. The van der Waals surface area contributed by atoms with Gasteiger partial charge in [0.2, 0.25) is 0 Å². The van der Waals surface area contributed by atoms with Gasteiger partial charge in [-0.3, -0.25) is 0 Å². The van der Waals surface area contributed by atoms with Crippen LogP contribution in [0.5, 0.6) is 11.5 Å². The predicted molar refractivity (Wildman–Crippen MR) is 121 cm³/mol. The zero-order valence-electron chi connectivity index (χ0n) is 19.5. The van der Waals surface area contributed by atoms with Crippen LogP contribution in [0.25, 0.3) is 0 Å². The molecule has 1 aliphatic carbocycles. The Morgan fingerprint density at radius 3 is 2.77 bits per heavy atom. The summed E-state index contributed by atoms with van der Waals surface area (Å²) in [4.78, 5) is 0. The fourth-order valence-corrected chi connectivity index (χ4v) is 4.91. The number of fused-ring (bicyclic) bond motifs is 3. The molecule has 1 aromatic rings. The van der Waals surface area contributed by atoms with E-state index in [2.05, 4.69) is 45.9 Å². The van der Waals surface area contributed by atoms with Gasteiger partial charge in [0.1, 0.15) is 17.1 Å². The molecule has 0 radical (unpaired) electrons. The highest BCUT2D eigenvalue weighted by Gasteiger charge is 2.45. The average Bonchev–Trinajstić information content (AvgIpc) is 2.67. The Labute approximate surface area is 182 Å². The first-order chi connectivity index (χ1) is 14.4. The maximum atomic E-state index is 9.03. The second-order valence-electron chi connectivity index (χ2n) is 9.49. The topological polar surface area (TPSA) is 47.9 Å². The first-order valence-corrected chi connectivity index (χ1v) is 11.8. The van der Waals surface area contributed by atoms with Crippen molar-refractivity contribution in [2.24, 2.45) is 5.92 Å². The van der Waals surface area contributed by atoms with Gasteiger partial charge in [0, 0.05) is 24.0 Å². The molecule has 0 fully saturated rings. The van der Waals surface area contributed by atoms with Crippen LogP contribution in [-0.4, -0.2) is 30.2 Å². The molecule has 0 amide bonds. The Hall–Kier alpha value is -1.52. The molecule has 1 N–H and O–H groups in total. The standard InChI is InChI=1S/C26H40O4/c1-6-7-8-10-20-16-23(29-19(3)28-14-9-13-27)25-21-15-18(2)11-12-22(21)26(4,5)30-24(25)17-20/h15-17,19,21-22,27H,6-14H2,1-5H3. The van der Waals surface area contributed by atoms with E-state index in [1.165, 1.54) is 36.0 Å².